The third-order valence-corrected chi connectivity index (χ3v) is 17.7. The van der Waals surface area contributed by atoms with Crippen LogP contribution < -0.4 is 5.73 Å². The number of ether oxygens (including phenoxy) is 1. The number of rotatable bonds is 5. The van der Waals surface area contributed by atoms with Gasteiger partial charge < -0.3 is 33.1 Å². The predicted octanol–water partition coefficient (Wildman–Crippen LogP) is 4.23. The molecule has 2 aliphatic rings. The van der Waals surface area contributed by atoms with E-state index in [4.69, 9.17) is 23.4 Å². The van der Waals surface area contributed by atoms with Gasteiger partial charge in [0.15, 0.2) is 6.23 Å². The van der Waals surface area contributed by atoms with Crippen LogP contribution in [-0.4, -0.2) is 61.7 Å². The highest BCUT2D eigenvalue weighted by atomic mass is 28.5. The van der Waals surface area contributed by atoms with Gasteiger partial charge in [-0.2, -0.15) is 0 Å². The largest absolute Gasteiger partial charge is 0.414 e. The van der Waals surface area contributed by atoms with Gasteiger partial charge in [0.25, 0.3) is 0 Å². The highest BCUT2D eigenvalue weighted by Crippen LogP contribution is 2.48. The second-order valence-corrected chi connectivity index (χ2v) is 19.7. The molecule has 34 heavy (non-hydrogen) atoms. The van der Waals surface area contributed by atoms with E-state index in [-0.39, 0.29) is 22.2 Å². The van der Waals surface area contributed by atoms with Gasteiger partial charge in [-0.05, 0) is 28.2 Å². The van der Waals surface area contributed by atoms with Gasteiger partial charge in [0, 0.05) is 6.20 Å². The minimum absolute atomic E-state index is 0.172. The van der Waals surface area contributed by atoms with E-state index in [2.05, 4.69) is 65.4 Å². The first-order valence-corrected chi connectivity index (χ1v) is 16.3. The van der Waals surface area contributed by atoms with Crippen molar-refractivity contribution in [1.82, 2.24) is 14.5 Å². The van der Waals surface area contributed by atoms with Gasteiger partial charge >= 0.3 is 17.1 Å². The fourth-order valence-corrected chi connectivity index (χ4v) is 16.8. The van der Waals surface area contributed by atoms with Gasteiger partial charge in [-0.1, -0.05) is 55.4 Å². The zero-order valence-electron chi connectivity index (χ0n) is 21.6. The van der Waals surface area contributed by atoms with E-state index in [1.807, 2.05) is 16.8 Å². The molecule has 0 amide bonds. The van der Waals surface area contributed by atoms with Crippen molar-refractivity contribution in [2.75, 3.05) is 12.3 Å². The molecule has 2 aliphatic heterocycles. The van der Waals surface area contributed by atoms with Crippen molar-refractivity contribution < 1.29 is 22.8 Å². The third kappa shape index (κ3) is 3.95. The molecule has 2 saturated heterocycles. The molecule has 0 saturated carbocycles. The number of aromatic nitrogens is 3. The van der Waals surface area contributed by atoms with Crippen molar-refractivity contribution in [3.05, 3.63) is 18.6 Å². The molecule has 4 atom stereocenters. The van der Waals surface area contributed by atoms with E-state index in [1.165, 1.54) is 6.33 Å². The Hall–Kier alpha value is -1.35. The molecule has 0 spiro atoms. The number of aliphatic hydroxyl groups excluding tert-OH is 1. The smallest absolute Gasteiger partial charge is 0.335 e. The summed E-state index contributed by atoms with van der Waals surface area (Å²) in [5, 5.41) is 12.2. The summed E-state index contributed by atoms with van der Waals surface area (Å²) >= 11 is 0. The average Bonchev–Trinajstić information content (AvgIpc) is 3.29. The van der Waals surface area contributed by atoms with Crippen molar-refractivity contribution in [3.8, 4) is 0 Å². The number of anilines is 1. The number of aliphatic hydroxyl groups is 1. The maximum atomic E-state index is 11.5. The summed E-state index contributed by atoms with van der Waals surface area (Å²) in [5.41, 5.74) is 7.48. The SMILES string of the molecule is CC(C)[Si]1(C(C)C)OCC2O[C@@H](n3ccc4c(N)ncnc43)[C@H](O)[C@@H]2O[Si](C(C)C)(C(C)C)O1. The summed E-state index contributed by atoms with van der Waals surface area (Å²) in [6.45, 7) is 17.7. The quantitative estimate of drug-likeness (QED) is 0.577. The van der Waals surface area contributed by atoms with E-state index in [0.29, 0.717) is 18.1 Å². The van der Waals surface area contributed by atoms with Crippen LogP contribution in [0.2, 0.25) is 22.2 Å². The van der Waals surface area contributed by atoms with Crippen LogP contribution in [0.1, 0.15) is 61.6 Å². The number of nitrogen functional groups attached to an aromatic ring is 1. The van der Waals surface area contributed by atoms with Gasteiger partial charge in [-0.25, -0.2) is 9.97 Å². The maximum absolute atomic E-state index is 11.5. The van der Waals surface area contributed by atoms with E-state index in [1.54, 1.807) is 0 Å². The molecule has 4 heterocycles. The lowest BCUT2D eigenvalue weighted by Crippen LogP contribution is -2.65. The minimum atomic E-state index is -2.84. The molecule has 9 nitrogen and oxygen atoms in total. The number of nitrogens with two attached hydrogens (primary N) is 1. The van der Waals surface area contributed by atoms with Gasteiger partial charge in [-0.3, -0.25) is 0 Å². The Morgan fingerprint density at radius 2 is 1.62 bits per heavy atom. The molecule has 0 bridgehead atoms. The van der Waals surface area contributed by atoms with Crippen LogP contribution in [0.5, 0.6) is 0 Å². The van der Waals surface area contributed by atoms with E-state index >= 15 is 0 Å². The lowest BCUT2D eigenvalue weighted by Gasteiger charge is -2.51. The van der Waals surface area contributed by atoms with Gasteiger partial charge in [0.1, 0.15) is 36.1 Å². The van der Waals surface area contributed by atoms with Crippen LogP contribution in [0.15, 0.2) is 18.6 Å². The average molecular weight is 509 g/mol. The van der Waals surface area contributed by atoms with Crippen LogP contribution in [-0.2, 0) is 17.7 Å². The summed E-state index contributed by atoms with van der Waals surface area (Å²) in [6, 6.07) is 1.85. The molecule has 0 radical (unpaired) electrons. The fourth-order valence-electron chi connectivity index (χ4n) is 5.56. The Morgan fingerprint density at radius 3 is 2.21 bits per heavy atom. The number of fused-ring (bicyclic) bond motifs is 2. The Morgan fingerprint density at radius 1 is 1.00 bits per heavy atom. The highest BCUT2D eigenvalue weighted by Gasteiger charge is 2.61. The lowest BCUT2D eigenvalue weighted by atomic mass is 10.1. The minimum Gasteiger partial charge on any atom is -0.414 e. The summed E-state index contributed by atoms with van der Waals surface area (Å²) in [4.78, 5) is 8.46. The van der Waals surface area contributed by atoms with Crippen LogP contribution in [0.25, 0.3) is 11.0 Å². The van der Waals surface area contributed by atoms with Crippen molar-refractivity contribution in [1.29, 1.82) is 0 Å². The molecule has 2 aromatic heterocycles. The normalized spacial score (nSPS) is 29.2. The molecular formula is C23H40N4O5Si2. The van der Waals surface area contributed by atoms with Gasteiger partial charge in [0.2, 0.25) is 0 Å². The monoisotopic (exact) mass is 508 g/mol. The summed E-state index contributed by atoms with van der Waals surface area (Å²) in [5.74, 6) is 0.394. The Kier molecular flexibility index (Phi) is 7.02. The number of hydrogen-bond acceptors (Lipinski definition) is 8. The van der Waals surface area contributed by atoms with Gasteiger partial charge in [-0.15, -0.1) is 0 Å². The molecule has 190 valence electrons. The zero-order valence-corrected chi connectivity index (χ0v) is 23.6. The summed E-state index contributed by atoms with van der Waals surface area (Å²) < 4.78 is 29.2. The topological polar surface area (TPSA) is 114 Å². The van der Waals surface area contributed by atoms with Crippen molar-refractivity contribution in [2.24, 2.45) is 0 Å². The van der Waals surface area contributed by atoms with Crippen LogP contribution in [0.3, 0.4) is 0 Å². The fraction of sp³-hybridized carbons (Fsp3) is 0.739. The lowest BCUT2D eigenvalue weighted by molar-refractivity contribution is -0.0568. The van der Waals surface area contributed by atoms with Crippen molar-refractivity contribution in [3.63, 3.8) is 0 Å². The molecule has 0 aliphatic carbocycles. The van der Waals surface area contributed by atoms with E-state index < -0.39 is 41.7 Å². The molecule has 3 N–H and O–H groups in total. The van der Waals surface area contributed by atoms with Crippen LogP contribution in [0.4, 0.5) is 5.82 Å². The Bertz CT molecular complexity index is 998. The van der Waals surface area contributed by atoms with Crippen molar-refractivity contribution in [2.45, 2.75) is 102 Å². The Balaban J connectivity index is 1.77. The summed E-state index contributed by atoms with van der Waals surface area (Å²) in [7, 11) is -5.51. The summed E-state index contributed by atoms with van der Waals surface area (Å²) in [6.07, 6.45) is 0.673. The number of nitrogens with zero attached hydrogens (tertiary/aromatic N) is 3. The Labute approximate surface area is 204 Å². The first-order valence-electron chi connectivity index (χ1n) is 12.4. The standard InChI is InChI=1S/C23H40N4O5Si2/c1-13(2)33(14(3)4)29-11-18-20(31-34(32-33,15(5)6)16(7)8)19(28)23(30-18)27-10-9-17-21(24)25-12-26-22(17)27/h9-10,12-16,18-20,23,28H,11H2,1-8H3,(H2,24,25,26)/t18?,19-,20-,23-/m1/s1. The molecule has 11 heteroatoms. The first kappa shape index (κ1) is 25.7. The van der Waals surface area contributed by atoms with E-state index in [9.17, 15) is 5.11 Å². The third-order valence-electron chi connectivity index (χ3n) is 7.46. The van der Waals surface area contributed by atoms with Crippen LogP contribution >= 0.6 is 0 Å². The predicted molar refractivity (Wildman–Crippen MR) is 136 cm³/mol. The van der Waals surface area contributed by atoms with Gasteiger partial charge in [0.05, 0.1) is 12.0 Å². The van der Waals surface area contributed by atoms with E-state index in [0.717, 1.165) is 5.39 Å². The molecular weight excluding hydrogens is 468 g/mol. The molecule has 0 aromatic carbocycles. The maximum Gasteiger partial charge on any atom is 0.335 e. The van der Waals surface area contributed by atoms with Crippen LogP contribution in [0, 0.1) is 0 Å². The molecule has 2 fully saturated rings. The highest BCUT2D eigenvalue weighted by molar-refractivity contribution is 6.84. The first-order chi connectivity index (χ1) is 15.9. The van der Waals surface area contributed by atoms with Crippen molar-refractivity contribution >= 4 is 34.0 Å². The molecule has 2 aromatic rings. The molecule has 1 unspecified atom stereocenters. The molecule has 4 rings (SSSR count). The zero-order chi connectivity index (χ0) is 25.0. The second kappa shape index (κ2) is 9.27. The number of hydrogen-bond donors (Lipinski definition) is 2. The second-order valence-electron chi connectivity index (χ2n) is 10.8.